The molecule has 0 aliphatic carbocycles. The first-order valence-electron chi connectivity index (χ1n) is 9.58. The van der Waals surface area contributed by atoms with E-state index in [2.05, 4.69) is 60.8 Å². The van der Waals surface area contributed by atoms with Gasteiger partial charge in [0.15, 0.2) is 11.6 Å². The van der Waals surface area contributed by atoms with Crippen molar-refractivity contribution in [1.29, 1.82) is 0 Å². The first kappa shape index (κ1) is 23.3. The number of thioether (sulfide) groups is 2. The first-order chi connectivity index (χ1) is 14.6. The minimum Gasteiger partial charge on any atom is -0.365 e. The van der Waals surface area contributed by atoms with Gasteiger partial charge >= 0.3 is 0 Å². The van der Waals surface area contributed by atoms with Gasteiger partial charge in [-0.3, -0.25) is 0 Å². The predicted octanol–water partition coefficient (Wildman–Crippen LogP) is 4.04. The number of thiophene rings is 1. The van der Waals surface area contributed by atoms with Crippen molar-refractivity contribution in [1.82, 2.24) is 24.0 Å². The molecule has 0 spiro atoms. The van der Waals surface area contributed by atoms with Gasteiger partial charge in [-0.2, -0.15) is 32.3 Å². The second-order valence-corrected chi connectivity index (χ2v) is 10.8. The highest BCUT2D eigenvalue weighted by atomic mass is 32.2. The molecule has 0 unspecified atom stereocenters. The van der Waals surface area contributed by atoms with Crippen LogP contribution >= 0.6 is 46.6 Å². The van der Waals surface area contributed by atoms with Crippen LogP contribution in [0.5, 0.6) is 0 Å². The predicted molar refractivity (Wildman–Crippen MR) is 130 cm³/mol. The molecule has 3 heterocycles. The van der Waals surface area contributed by atoms with E-state index in [4.69, 9.17) is 4.63 Å². The molecule has 0 aliphatic rings. The topological polar surface area (TPSA) is 92.0 Å². The second-order valence-electron chi connectivity index (χ2n) is 6.82. The van der Waals surface area contributed by atoms with Gasteiger partial charge in [0.25, 0.3) is 0 Å². The second kappa shape index (κ2) is 12.5. The van der Waals surface area contributed by atoms with Crippen molar-refractivity contribution in [2.24, 2.45) is 0 Å². The SMILES string of the molecule is Cc1nonc1CSCCNc1nsnc1NCCSCc1ccc(CN(C)C)s1. The molecule has 164 valence electrons. The average molecular weight is 486 g/mol. The molecule has 12 heteroatoms. The van der Waals surface area contributed by atoms with Crippen LogP contribution in [0.2, 0.25) is 0 Å². The molecule has 0 amide bonds. The molecule has 0 fully saturated rings. The van der Waals surface area contributed by atoms with E-state index in [1.54, 1.807) is 11.8 Å². The standard InChI is InChI=1S/C18H27N7OS4/c1-13-16(22-26-21-13)12-28-9-7-20-18-17(23-30-24-18)19-6-8-27-11-15-5-4-14(29-15)10-25(2)3/h4-5H,6-12H2,1-3H3,(H,19,23)(H,20,24). The van der Waals surface area contributed by atoms with Crippen LogP contribution in [0.25, 0.3) is 0 Å². The van der Waals surface area contributed by atoms with Gasteiger partial charge in [-0.05, 0) is 33.2 Å². The highest BCUT2D eigenvalue weighted by molar-refractivity contribution is 7.98. The van der Waals surface area contributed by atoms with Crippen molar-refractivity contribution in [2.45, 2.75) is 25.0 Å². The van der Waals surface area contributed by atoms with Crippen molar-refractivity contribution in [3.05, 3.63) is 33.3 Å². The van der Waals surface area contributed by atoms with E-state index in [0.717, 1.165) is 65.7 Å². The first-order valence-corrected chi connectivity index (χ1v) is 13.4. The molecule has 0 radical (unpaired) electrons. The monoisotopic (exact) mass is 485 g/mol. The van der Waals surface area contributed by atoms with Crippen LogP contribution in [0, 0.1) is 6.92 Å². The Labute approximate surface area is 193 Å². The van der Waals surface area contributed by atoms with Gasteiger partial charge in [-0.1, -0.05) is 10.3 Å². The summed E-state index contributed by atoms with van der Waals surface area (Å²) in [6.45, 7) is 4.61. The Morgan fingerprint density at radius 1 is 0.967 bits per heavy atom. The number of hydrogen-bond donors (Lipinski definition) is 2. The third-order valence-corrected chi connectivity index (χ3v) is 7.74. The molecular weight excluding hydrogens is 459 g/mol. The zero-order valence-corrected chi connectivity index (χ0v) is 20.6. The van der Waals surface area contributed by atoms with Crippen LogP contribution in [0.15, 0.2) is 16.8 Å². The van der Waals surface area contributed by atoms with Crippen LogP contribution in [0.4, 0.5) is 11.6 Å². The number of nitrogens with zero attached hydrogens (tertiary/aromatic N) is 5. The fourth-order valence-electron chi connectivity index (χ4n) is 2.52. The number of nitrogens with one attached hydrogen (secondary N) is 2. The maximum Gasteiger partial charge on any atom is 0.184 e. The average Bonchev–Trinajstić information content (AvgIpc) is 3.44. The van der Waals surface area contributed by atoms with Crippen molar-refractivity contribution in [2.75, 3.05) is 49.3 Å². The van der Waals surface area contributed by atoms with E-state index in [1.165, 1.54) is 21.5 Å². The van der Waals surface area contributed by atoms with E-state index in [0.29, 0.717) is 0 Å². The maximum atomic E-state index is 4.71. The van der Waals surface area contributed by atoms with Gasteiger partial charge in [-0.15, -0.1) is 11.3 Å². The van der Waals surface area contributed by atoms with E-state index >= 15 is 0 Å². The summed E-state index contributed by atoms with van der Waals surface area (Å²) in [6.07, 6.45) is 0. The fraction of sp³-hybridized carbons (Fsp3) is 0.556. The Morgan fingerprint density at radius 2 is 1.63 bits per heavy atom. The molecule has 3 rings (SSSR count). The molecule has 3 aromatic rings. The van der Waals surface area contributed by atoms with Gasteiger partial charge in [0, 0.05) is 52.4 Å². The quantitative estimate of drug-likeness (QED) is 0.326. The third kappa shape index (κ3) is 7.73. The van der Waals surface area contributed by atoms with Crippen molar-refractivity contribution in [3.8, 4) is 0 Å². The minimum absolute atomic E-state index is 0.801. The number of hydrogen-bond acceptors (Lipinski definition) is 12. The molecule has 8 nitrogen and oxygen atoms in total. The van der Waals surface area contributed by atoms with E-state index in [-0.39, 0.29) is 0 Å². The zero-order valence-electron chi connectivity index (χ0n) is 17.4. The Kier molecular flexibility index (Phi) is 9.72. The van der Waals surface area contributed by atoms with Crippen LogP contribution in [0.3, 0.4) is 0 Å². The van der Waals surface area contributed by atoms with Gasteiger partial charge in [-0.25, -0.2) is 4.63 Å². The van der Waals surface area contributed by atoms with Crippen molar-refractivity contribution in [3.63, 3.8) is 0 Å². The Hall–Kier alpha value is -1.34. The van der Waals surface area contributed by atoms with Crippen LogP contribution in [-0.4, -0.2) is 62.7 Å². The summed E-state index contributed by atoms with van der Waals surface area (Å²) >= 11 is 6.85. The number of aromatic nitrogens is 4. The summed E-state index contributed by atoms with van der Waals surface area (Å²) in [5.74, 6) is 5.49. The highest BCUT2D eigenvalue weighted by Crippen LogP contribution is 2.23. The third-order valence-electron chi connectivity index (χ3n) is 3.99. The van der Waals surface area contributed by atoms with E-state index in [1.807, 2.05) is 30.0 Å². The Bertz CT molecular complexity index is 879. The van der Waals surface area contributed by atoms with Gasteiger partial charge in [0.1, 0.15) is 11.4 Å². The summed E-state index contributed by atoms with van der Waals surface area (Å²) < 4.78 is 13.4. The summed E-state index contributed by atoms with van der Waals surface area (Å²) in [4.78, 5) is 5.06. The van der Waals surface area contributed by atoms with Crippen LogP contribution in [-0.2, 0) is 18.1 Å². The molecule has 0 aliphatic heterocycles. The number of rotatable bonds is 14. The fourth-order valence-corrected chi connectivity index (χ4v) is 5.98. The molecule has 0 saturated carbocycles. The van der Waals surface area contributed by atoms with Crippen LogP contribution < -0.4 is 10.6 Å². The Balaban J connectivity index is 1.28. The molecule has 30 heavy (non-hydrogen) atoms. The maximum absolute atomic E-state index is 4.71. The van der Waals surface area contributed by atoms with Crippen LogP contribution in [0.1, 0.15) is 21.1 Å². The molecule has 2 N–H and O–H groups in total. The normalized spacial score (nSPS) is 11.3. The lowest BCUT2D eigenvalue weighted by molar-refractivity contribution is 0.302. The summed E-state index contributed by atoms with van der Waals surface area (Å²) in [7, 11) is 4.21. The van der Waals surface area contributed by atoms with Gasteiger partial charge < -0.3 is 15.5 Å². The molecule has 0 aromatic carbocycles. The lowest BCUT2D eigenvalue weighted by atomic mass is 10.4. The lowest BCUT2D eigenvalue weighted by Crippen LogP contribution is -2.10. The van der Waals surface area contributed by atoms with Crippen molar-refractivity contribution < 1.29 is 4.63 Å². The highest BCUT2D eigenvalue weighted by Gasteiger charge is 2.08. The molecular formula is C18H27N7OS4. The van der Waals surface area contributed by atoms with Gasteiger partial charge in [0.2, 0.25) is 0 Å². The summed E-state index contributed by atoms with van der Waals surface area (Å²) in [6, 6.07) is 4.48. The number of anilines is 2. The van der Waals surface area contributed by atoms with Gasteiger partial charge in [0.05, 0.1) is 11.7 Å². The number of aryl methyl sites for hydroxylation is 1. The van der Waals surface area contributed by atoms with Crippen molar-refractivity contribution >= 4 is 58.2 Å². The summed E-state index contributed by atoms with van der Waals surface area (Å²) in [5, 5.41) is 14.4. The summed E-state index contributed by atoms with van der Waals surface area (Å²) in [5.41, 5.74) is 1.77. The molecule has 0 saturated heterocycles. The van der Waals surface area contributed by atoms with E-state index in [9.17, 15) is 0 Å². The Morgan fingerprint density at radius 3 is 2.27 bits per heavy atom. The molecule has 0 bridgehead atoms. The largest absolute Gasteiger partial charge is 0.365 e. The smallest absolute Gasteiger partial charge is 0.184 e. The minimum atomic E-state index is 0.801. The lowest BCUT2D eigenvalue weighted by Gasteiger charge is -2.07. The molecule has 0 atom stereocenters. The molecule has 3 aromatic heterocycles. The van der Waals surface area contributed by atoms with E-state index < -0.39 is 0 Å². The zero-order chi connectivity index (χ0) is 21.2.